The molecule has 1 aliphatic heterocycles. The molecule has 3 aromatic carbocycles. The van der Waals surface area contributed by atoms with Crippen LogP contribution < -0.4 is 5.32 Å². The van der Waals surface area contributed by atoms with Gasteiger partial charge in [0.05, 0.1) is 14.9 Å². The molecule has 1 aliphatic rings. The van der Waals surface area contributed by atoms with Gasteiger partial charge in [-0.25, -0.2) is 8.42 Å². The second kappa shape index (κ2) is 10.3. The van der Waals surface area contributed by atoms with Gasteiger partial charge >= 0.3 is 0 Å². The molecule has 1 N–H and O–H groups in total. The molecule has 0 spiro atoms. The first-order valence-electron chi connectivity index (χ1n) is 10.8. The van der Waals surface area contributed by atoms with Gasteiger partial charge in [0, 0.05) is 13.1 Å². The zero-order chi connectivity index (χ0) is 24.3. The average Bonchev–Trinajstić information content (AvgIpc) is 2.93. The van der Waals surface area contributed by atoms with Crippen molar-refractivity contribution in [3.63, 3.8) is 0 Å². The number of hydrogen-bond donors (Lipinski definition) is 1. The molecule has 0 radical (unpaired) electrons. The van der Waals surface area contributed by atoms with E-state index in [1.54, 1.807) is 42.5 Å². The second-order valence-corrected chi connectivity index (χ2v) is 10.8. The molecule has 0 bridgehead atoms. The molecule has 8 heteroatoms. The standard InChI is InChI=1S/C26H24Cl2N2O3S/c1-18-13-14-30(34(32,33)25-10-6-5-9-21(18)25)24(16-19-7-3-2-4-8-19)26(31)29-17-20-11-12-22(27)23(28)15-20/h2-12,15,24H,1,13-14,16-17H2,(H,29,31)/t24-/m0/s1. The van der Waals surface area contributed by atoms with E-state index in [4.69, 9.17) is 23.2 Å². The molecule has 3 aromatic rings. The molecule has 1 amide bonds. The van der Waals surface area contributed by atoms with Crippen LogP contribution in [0.5, 0.6) is 0 Å². The number of amides is 1. The zero-order valence-electron chi connectivity index (χ0n) is 18.4. The minimum atomic E-state index is -3.94. The van der Waals surface area contributed by atoms with Gasteiger partial charge in [-0.15, -0.1) is 0 Å². The van der Waals surface area contributed by atoms with Crippen LogP contribution in [-0.2, 0) is 27.8 Å². The highest BCUT2D eigenvalue weighted by Gasteiger charge is 2.38. The van der Waals surface area contributed by atoms with Crippen molar-refractivity contribution < 1.29 is 13.2 Å². The quantitative estimate of drug-likeness (QED) is 0.483. The number of carbonyl (C=O) groups is 1. The average molecular weight is 515 g/mol. The van der Waals surface area contributed by atoms with Crippen LogP contribution in [0.4, 0.5) is 0 Å². The van der Waals surface area contributed by atoms with Crippen molar-refractivity contribution in [3.05, 3.63) is 106 Å². The van der Waals surface area contributed by atoms with Crippen molar-refractivity contribution >= 4 is 44.7 Å². The van der Waals surface area contributed by atoms with E-state index in [1.807, 2.05) is 30.3 Å². The summed E-state index contributed by atoms with van der Waals surface area (Å²) in [5, 5.41) is 3.70. The predicted molar refractivity (Wildman–Crippen MR) is 136 cm³/mol. The lowest BCUT2D eigenvalue weighted by molar-refractivity contribution is -0.125. The molecule has 0 aliphatic carbocycles. The van der Waals surface area contributed by atoms with Crippen LogP contribution in [0.25, 0.3) is 5.57 Å². The van der Waals surface area contributed by atoms with Crippen molar-refractivity contribution in [2.24, 2.45) is 0 Å². The Balaban J connectivity index is 1.67. The van der Waals surface area contributed by atoms with Crippen LogP contribution in [0, 0.1) is 0 Å². The number of benzene rings is 3. The minimum Gasteiger partial charge on any atom is -0.351 e. The van der Waals surface area contributed by atoms with Gasteiger partial charge < -0.3 is 5.32 Å². The van der Waals surface area contributed by atoms with E-state index in [0.717, 1.165) is 16.7 Å². The summed E-state index contributed by atoms with van der Waals surface area (Å²) in [6, 6.07) is 20.4. The van der Waals surface area contributed by atoms with E-state index in [-0.39, 0.29) is 30.3 Å². The molecule has 0 fully saturated rings. The van der Waals surface area contributed by atoms with E-state index in [1.165, 1.54) is 4.31 Å². The first-order valence-corrected chi connectivity index (χ1v) is 13.0. The smallest absolute Gasteiger partial charge is 0.244 e. The molecule has 4 rings (SSSR count). The molecule has 0 saturated heterocycles. The van der Waals surface area contributed by atoms with Crippen LogP contribution in [0.1, 0.15) is 23.1 Å². The SMILES string of the molecule is C=C1CCN([C@@H](Cc2ccccc2)C(=O)NCc2ccc(Cl)c(Cl)c2)S(=O)(=O)c2ccccc21. The summed E-state index contributed by atoms with van der Waals surface area (Å²) in [5.41, 5.74) is 2.96. The Labute approximate surface area is 210 Å². The third-order valence-corrected chi connectivity index (χ3v) is 8.57. The zero-order valence-corrected chi connectivity index (χ0v) is 20.7. The lowest BCUT2D eigenvalue weighted by Crippen LogP contribution is -2.50. The van der Waals surface area contributed by atoms with Crippen LogP contribution in [0.3, 0.4) is 0 Å². The van der Waals surface area contributed by atoms with Gasteiger partial charge in [0.15, 0.2) is 0 Å². The fourth-order valence-corrected chi connectivity index (χ4v) is 6.20. The number of nitrogens with one attached hydrogen (secondary N) is 1. The van der Waals surface area contributed by atoms with E-state index in [9.17, 15) is 13.2 Å². The molecule has 0 unspecified atom stereocenters. The molecule has 1 heterocycles. The third kappa shape index (κ3) is 5.20. The third-order valence-electron chi connectivity index (χ3n) is 5.86. The summed E-state index contributed by atoms with van der Waals surface area (Å²) in [6.07, 6.45) is 0.670. The summed E-state index contributed by atoms with van der Waals surface area (Å²) in [5.74, 6) is -0.386. The maximum absolute atomic E-state index is 13.7. The van der Waals surface area contributed by atoms with E-state index >= 15 is 0 Å². The van der Waals surface area contributed by atoms with Crippen LogP contribution >= 0.6 is 23.2 Å². The van der Waals surface area contributed by atoms with Gasteiger partial charge in [0.1, 0.15) is 6.04 Å². The minimum absolute atomic E-state index is 0.160. The lowest BCUT2D eigenvalue weighted by Gasteiger charge is -2.29. The number of carbonyl (C=O) groups excluding carboxylic acids is 1. The summed E-state index contributed by atoms with van der Waals surface area (Å²) in [4.78, 5) is 13.6. The van der Waals surface area contributed by atoms with Crippen molar-refractivity contribution in [3.8, 4) is 0 Å². The molecule has 1 atom stereocenters. The molecule has 0 saturated carbocycles. The Kier molecular flexibility index (Phi) is 7.43. The fraction of sp³-hybridized carbons (Fsp3) is 0.192. The van der Waals surface area contributed by atoms with Gasteiger partial charge in [-0.1, -0.05) is 84.4 Å². The van der Waals surface area contributed by atoms with Crippen LogP contribution in [0.2, 0.25) is 10.0 Å². The molecular formula is C26H24Cl2N2O3S. The van der Waals surface area contributed by atoms with Crippen molar-refractivity contribution in [1.82, 2.24) is 9.62 Å². The molecule has 5 nitrogen and oxygen atoms in total. The normalized spacial score (nSPS) is 16.4. The largest absolute Gasteiger partial charge is 0.351 e. The van der Waals surface area contributed by atoms with Crippen molar-refractivity contribution in [1.29, 1.82) is 0 Å². The number of halogens is 2. The van der Waals surface area contributed by atoms with Crippen LogP contribution in [0.15, 0.2) is 84.3 Å². The Morgan fingerprint density at radius 1 is 0.971 bits per heavy atom. The summed E-state index contributed by atoms with van der Waals surface area (Å²) in [6.45, 7) is 4.43. The van der Waals surface area contributed by atoms with Gasteiger partial charge in [0.25, 0.3) is 0 Å². The molecule has 34 heavy (non-hydrogen) atoms. The van der Waals surface area contributed by atoms with Gasteiger partial charge in [0.2, 0.25) is 15.9 Å². The highest BCUT2D eigenvalue weighted by molar-refractivity contribution is 7.89. The summed E-state index contributed by atoms with van der Waals surface area (Å²) < 4.78 is 28.8. The van der Waals surface area contributed by atoms with Gasteiger partial charge in [-0.3, -0.25) is 4.79 Å². The maximum atomic E-state index is 13.7. The van der Waals surface area contributed by atoms with Gasteiger partial charge in [-0.05, 0) is 53.3 Å². The highest BCUT2D eigenvalue weighted by Crippen LogP contribution is 2.33. The molecular weight excluding hydrogens is 491 g/mol. The number of sulfonamides is 1. The highest BCUT2D eigenvalue weighted by atomic mass is 35.5. The molecule has 176 valence electrons. The molecule has 0 aromatic heterocycles. The number of rotatable bonds is 6. The first-order chi connectivity index (χ1) is 16.3. The second-order valence-electron chi connectivity index (χ2n) is 8.14. The van der Waals surface area contributed by atoms with Gasteiger partial charge in [-0.2, -0.15) is 4.31 Å². The number of fused-ring (bicyclic) bond motifs is 1. The summed E-state index contributed by atoms with van der Waals surface area (Å²) in [7, 11) is -3.94. The number of nitrogens with zero attached hydrogens (tertiary/aromatic N) is 1. The Morgan fingerprint density at radius 2 is 1.68 bits per heavy atom. The van der Waals surface area contributed by atoms with E-state index < -0.39 is 16.1 Å². The van der Waals surface area contributed by atoms with Crippen LogP contribution in [-0.4, -0.2) is 31.2 Å². The Hall–Kier alpha value is -2.64. The van der Waals surface area contributed by atoms with Crippen molar-refractivity contribution in [2.45, 2.75) is 30.3 Å². The van der Waals surface area contributed by atoms with E-state index in [0.29, 0.717) is 22.0 Å². The first kappa shape index (κ1) is 24.5. The van der Waals surface area contributed by atoms with E-state index in [2.05, 4.69) is 11.9 Å². The predicted octanol–water partition coefficient (Wildman–Crippen LogP) is 5.33. The lowest BCUT2D eigenvalue weighted by atomic mass is 10.0. The number of hydrogen-bond acceptors (Lipinski definition) is 3. The van der Waals surface area contributed by atoms with Crippen molar-refractivity contribution in [2.75, 3.05) is 6.54 Å². The summed E-state index contributed by atoms with van der Waals surface area (Å²) >= 11 is 12.1. The fourth-order valence-electron chi connectivity index (χ4n) is 4.05. The Morgan fingerprint density at radius 3 is 2.41 bits per heavy atom. The maximum Gasteiger partial charge on any atom is 0.244 e. The monoisotopic (exact) mass is 514 g/mol. The Bertz CT molecular complexity index is 1330. The topological polar surface area (TPSA) is 66.5 Å².